The molecule has 0 spiro atoms. The van der Waals surface area contributed by atoms with Crippen LogP contribution in [0.25, 0.3) is 10.6 Å². The van der Waals surface area contributed by atoms with E-state index >= 15 is 0 Å². The van der Waals surface area contributed by atoms with Crippen molar-refractivity contribution in [1.82, 2.24) is 4.98 Å². The molecule has 0 amide bonds. The average molecular weight is 235 g/mol. The third-order valence-corrected chi connectivity index (χ3v) is 2.92. The molecule has 1 aromatic heterocycles. The van der Waals surface area contributed by atoms with E-state index < -0.39 is 5.97 Å². The normalized spacial score (nSPS) is 10.1. The van der Waals surface area contributed by atoms with Crippen LogP contribution in [-0.4, -0.2) is 23.2 Å². The molecule has 2 aromatic rings. The lowest BCUT2D eigenvalue weighted by molar-refractivity contribution is 0.0601. The van der Waals surface area contributed by atoms with Crippen molar-refractivity contribution in [2.24, 2.45) is 0 Å². The van der Waals surface area contributed by atoms with Gasteiger partial charge in [-0.1, -0.05) is 18.2 Å². The summed E-state index contributed by atoms with van der Waals surface area (Å²) < 4.78 is 4.68. The number of benzene rings is 1. The van der Waals surface area contributed by atoms with E-state index in [1.807, 2.05) is 0 Å². The summed E-state index contributed by atoms with van der Waals surface area (Å²) in [5, 5.41) is 11.3. The minimum atomic E-state index is -0.412. The first-order valence-electron chi connectivity index (χ1n) is 4.54. The Morgan fingerprint density at radius 3 is 2.81 bits per heavy atom. The second-order valence-corrected chi connectivity index (χ2v) is 3.91. The summed E-state index contributed by atoms with van der Waals surface area (Å²) >= 11 is 1.28. The second kappa shape index (κ2) is 4.32. The van der Waals surface area contributed by atoms with Gasteiger partial charge in [-0.25, -0.2) is 9.78 Å². The molecule has 0 aliphatic heterocycles. The van der Waals surface area contributed by atoms with Crippen molar-refractivity contribution < 1.29 is 14.6 Å². The number of esters is 1. The lowest BCUT2D eigenvalue weighted by atomic mass is 10.1. The van der Waals surface area contributed by atoms with Gasteiger partial charge in [0.15, 0.2) is 0 Å². The van der Waals surface area contributed by atoms with Crippen LogP contribution in [0.3, 0.4) is 0 Å². The second-order valence-electron chi connectivity index (χ2n) is 3.05. The number of hydrogen-bond donors (Lipinski definition) is 1. The van der Waals surface area contributed by atoms with E-state index in [2.05, 4.69) is 9.72 Å². The molecule has 2 rings (SSSR count). The molecule has 0 aliphatic carbocycles. The molecule has 0 saturated carbocycles. The van der Waals surface area contributed by atoms with Gasteiger partial charge in [0.2, 0.25) is 5.88 Å². The number of nitrogens with zero attached hydrogens (tertiary/aromatic N) is 1. The van der Waals surface area contributed by atoms with E-state index in [1.54, 1.807) is 24.3 Å². The van der Waals surface area contributed by atoms with Gasteiger partial charge >= 0.3 is 5.97 Å². The maximum atomic E-state index is 11.5. The fraction of sp³-hybridized carbons (Fsp3) is 0.0909. The van der Waals surface area contributed by atoms with Crippen molar-refractivity contribution in [2.75, 3.05) is 7.11 Å². The third-order valence-electron chi connectivity index (χ3n) is 2.05. The summed E-state index contributed by atoms with van der Waals surface area (Å²) in [6, 6.07) is 6.99. The minimum absolute atomic E-state index is 0.0420. The first-order chi connectivity index (χ1) is 7.72. The lowest BCUT2D eigenvalue weighted by Gasteiger charge is -2.04. The Hall–Kier alpha value is -1.88. The first kappa shape index (κ1) is 10.6. The topological polar surface area (TPSA) is 59.4 Å². The number of thiazole rings is 1. The quantitative estimate of drug-likeness (QED) is 0.811. The molecule has 4 nitrogen and oxygen atoms in total. The Bertz CT molecular complexity index is 521. The van der Waals surface area contributed by atoms with Crippen LogP contribution in [0.2, 0.25) is 0 Å². The van der Waals surface area contributed by atoms with E-state index in [1.165, 1.54) is 23.8 Å². The van der Waals surface area contributed by atoms with Crippen LogP contribution in [0.1, 0.15) is 10.4 Å². The number of carbonyl (C=O) groups excluding carboxylic acids is 1. The Morgan fingerprint density at radius 1 is 1.44 bits per heavy atom. The zero-order valence-corrected chi connectivity index (χ0v) is 9.32. The molecule has 0 bridgehead atoms. The molecule has 0 atom stereocenters. The number of aromatic hydroxyl groups is 1. The zero-order valence-electron chi connectivity index (χ0n) is 8.51. The summed E-state index contributed by atoms with van der Waals surface area (Å²) in [6.07, 6.45) is 0. The highest BCUT2D eigenvalue weighted by Crippen LogP contribution is 2.29. The van der Waals surface area contributed by atoms with Crippen molar-refractivity contribution in [3.05, 3.63) is 35.2 Å². The molecule has 82 valence electrons. The Kier molecular flexibility index (Phi) is 2.87. The molecule has 0 radical (unpaired) electrons. The summed E-state index contributed by atoms with van der Waals surface area (Å²) in [5.74, 6) is -0.454. The SMILES string of the molecule is COC(=O)c1ccccc1-c1nc(O)cs1. The van der Waals surface area contributed by atoms with Crippen LogP contribution in [0, 0.1) is 0 Å². The molecule has 0 unspecified atom stereocenters. The van der Waals surface area contributed by atoms with Crippen LogP contribution in [0.15, 0.2) is 29.6 Å². The van der Waals surface area contributed by atoms with E-state index in [-0.39, 0.29) is 5.88 Å². The summed E-state index contributed by atoms with van der Waals surface area (Å²) in [4.78, 5) is 15.4. The van der Waals surface area contributed by atoms with Crippen molar-refractivity contribution >= 4 is 17.3 Å². The lowest BCUT2D eigenvalue weighted by Crippen LogP contribution is -2.02. The van der Waals surface area contributed by atoms with Gasteiger partial charge in [0.05, 0.1) is 18.1 Å². The van der Waals surface area contributed by atoms with Crippen LogP contribution in [0.5, 0.6) is 5.88 Å². The number of rotatable bonds is 2. The van der Waals surface area contributed by atoms with Gasteiger partial charge in [-0.3, -0.25) is 0 Å². The molecule has 0 saturated heterocycles. The number of hydrogen-bond acceptors (Lipinski definition) is 5. The van der Waals surface area contributed by atoms with Gasteiger partial charge in [-0.15, -0.1) is 11.3 Å². The van der Waals surface area contributed by atoms with Gasteiger partial charge in [-0.2, -0.15) is 0 Å². The molecule has 0 aliphatic rings. The molecular formula is C11H9NO3S. The summed E-state index contributed by atoms with van der Waals surface area (Å²) in [6.45, 7) is 0. The molecule has 1 heterocycles. The minimum Gasteiger partial charge on any atom is -0.493 e. The summed E-state index contributed by atoms with van der Waals surface area (Å²) in [5.41, 5.74) is 1.11. The van der Waals surface area contributed by atoms with Crippen molar-refractivity contribution in [3.8, 4) is 16.5 Å². The number of aromatic nitrogens is 1. The van der Waals surface area contributed by atoms with E-state index in [9.17, 15) is 9.90 Å². The Labute approximate surface area is 96.1 Å². The van der Waals surface area contributed by atoms with Crippen molar-refractivity contribution in [3.63, 3.8) is 0 Å². The number of ether oxygens (including phenoxy) is 1. The predicted molar refractivity (Wildman–Crippen MR) is 60.6 cm³/mol. The molecule has 1 N–H and O–H groups in total. The molecule has 0 fully saturated rings. The molecule has 16 heavy (non-hydrogen) atoms. The first-order valence-corrected chi connectivity index (χ1v) is 5.42. The maximum Gasteiger partial charge on any atom is 0.338 e. The largest absolute Gasteiger partial charge is 0.493 e. The van der Waals surface area contributed by atoms with Gasteiger partial charge in [0.25, 0.3) is 0 Å². The predicted octanol–water partition coefficient (Wildman–Crippen LogP) is 2.30. The third kappa shape index (κ3) is 1.90. The maximum absolute atomic E-state index is 11.5. The Morgan fingerprint density at radius 2 is 2.19 bits per heavy atom. The fourth-order valence-corrected chi connectivity index (χ4v) is 2.07. The van der Waals surface area contributed by atoms with Gasteiger partial charge in [0, 0.05) is 5.56 Å². The van der Waals surface area contributed by atoms with Gasteiger partial charge < -0.3 is 9.84 Å². The highest BCUT2D eigenvalue weighted by atomic mass is 32.1. The molecule has 5 heteroatoms. The van der Waals surface area contributed by atoms with Gasteiger partial charge in [0.1, 0.15) is 5.01 Å². The standard InChI is InChI=1S/C11H9NO3S/c1-15-11(14)8-5-3-2-4-7(8)10-12-9(13)6-16-10/h2-6,13H,1H3. The molecule has 1 aromatic carbocycles. The van der Waals surface area contributed by atoms with Crippen LogP contribution in [0.4, 0.5) is 0 Å². The van der Waals surface area contributed by atoms with E-state index in [4.69, 9.17) is 0 Å². The van der Waals surface area contributed by atoms with Crippen LogP contribution >= 0.6 is 11.3 Å². The van der Waals surface area contributed by atoms with E-state index in [0.29, 0.717) is 16.1 Å². The highest BCUT2D eigenvalue weighted by molar-refractivity contribution is 7.13. The smallest absolute Gasteiger partial charge is 0.338 e. The van der Waals surface area contributed by atoms with Crippen molar-refractivity contribution in [1.29, 1.82) is 0 Å². The van der Waals surface area contributed by atoms with Crippen molar-refractivity contribution in [2.45, 2.75) is 0 Å². The number of carbonyl (C=O) groups is 1. The van der Waals surface area contributed by atoms with E-state index in [0.717, 1.165) is 0 Å². The average Bonchev–Trinajstić information content (AvgIpc) is 2.75. The monoisotopic (exact) mass is 235 g/mol. The van der Waals surface area contributed by atoms with Crippen LogP contribution in [-0.2, 0) is 4.74 Å². The zero-order chi connectivity index (χ0) is 11.5. The highest BCUT2D eigenvalue weighted by Gasteiger charge is 2.14. The number of methoxy groups -OCH3 is 1. The molecular weight excluding hydrogens is 226 g/mol. The summed E-state index contributed by atoms with van der Waals surface area (Å²) in [7, 11) is 1.33. The van der Waals surface area contributed by atoms with Gasteiger partial charge in [-0.05, 0) is 6.07 Å². The van der Waals surface area contributed by atoms with Crippen LogP contribution < -0.4 is 0 Å². The fourth-order valence-electron chi connectivity index (χ4n) is 1.35. The Balaban J connectivity index is 2.52.